The van der Waals surface area contributed by atoms with E-state index in [2.05, 4.69) is 20.7 Å². The average molecular weight is 298 g/mol. The highest BCUT2D eigenvalue weighted by Gasteiger charge is 2.32. The van der Waals surface area contributed by atoms with Gasteiger partial charge in [-0.05, 0) is 12.1 Å². The molecule has 0 saturated heterocycles. The Morgan fingerprint density at radius 3 is 2.56 bits per heavy atom. The van der Waals surface area contributed by atoms with Gasteiger partial charge in [-0.25, -0.2) is 0 Å². The van der Waals surface area contributed by atoms with Gasteiger partial charge in [-0.1, -0.05) is 22.0 Å². The highest BCUT2D eigenvalue weighted by Crippen LogP contribution is 2.30. The van der Waals surface area contributed by atoms with Crippen LogP contribution in [-0.4, -0.2) is 17.5 Å². The van der Waals surface area contributed by atoms with E-state index in [1.165, 1.54) is 12.1 Å². The van der Waals surface area contributed by atoms with Crippen LogP contribution in [0.3, 0.4) is 0 Å². The van der Waals surface area contributed by atoms with Crippen molar-refractivity contribution in [2.45, 2.75) is 6.36 Å². The molecule has 0 bridgehead atoms. The van der Waals surface area contributed by atoms with Crippen LogP contribution in [0.4, 0.5) is 18.9 Å². The van der Waals surface area contributed by atoms with Gasteiger partial charge in [-0.2, -0.15) is 0 Å². The number of benzene rings is 1. The Bertz CT molecular complexity index is 406. The summed E-state index contributed by atoms with van der Waals surface area (Å²) < 4.78 is 39.6. The fraction of sp³-hybridized carbons (Fsp3) is 0.222. The zero-order valence-electron chi connectivity index (χ0n) is 7.84. The van der Waals surface area contributed by atoms with Crippen LogP contribution in [0.1, 0.15) is 10.4 Å². The zero-order chi connectivity index (χ0) is 12.3. The molecule has 0 saturated carbocycles. The summed E-state index contributed by atoms with van der Waals surface area (Å²) in [4.78, 5) is 11.3. The Morgan fingerprint density at radius 2 is 2.06 bits per heavy atom. The summed E-state index contributed by atoms with van der Waals surface area (Å²) in [6.45, 7) is 0. The van der Waals surface area contributed by atoms with Gasteiger partial charge in [0.25, 0.3) is 0 Å². The van der Waals surface area contributed by atoms with Gasteiger partial charge in [-0.3, -0.25) is 4.79 Å². The van der Waals surface area contributed by atoms with Gasteiger partial charge < -0.3 is 10.5 Å². The van der Waals surface area contributed by atoms with E-state index in [1.54, 1.807) is 0 Å². The number of para-hydroxylation sites is 1. The third-order valence-electron chi connectivity index (χ3n) is 1.71. The lowest BCUT2D eigenvalue weighted by molar-refractivity contribution is -0.274. The number of carbonyl (C=O) groups excluding carboxylic acids is 1. The summed E-state index contributed by atoms with van der Waals surface area (Å²) in [7, 11) is 0. The summed E-state index contributed by atoms with van der Waals surface area (Å²) in [5.41, 5.74) is 5.08. The molecule has 2 N–H and O–H groups in total. The fourth-order valence-corrected chi connectivity index (χ4v) is 1.37. The molecule has 0 spiro atoms. The Morgan fingerprint density at radius 1 is 1.44 bits per heavy atom. The number of halogens is 4. The quantitative estimate of drug-likeness (QED) is 0.530. The smallest absolute Gasteiger partial charge is 0.404 e. The molecule has 0 amide bonds. The van der Waals surface area contributed by atoms with E-state index in [4.69, 9.17) is 5.73 Å². The van der Waals surface area contributed by atoms with Crippen molar-refractivity contribution in [2.75, 3.05) is 11.1 Å². The molecule has 3 nitrogen and oxygen atoms in total. The van der Waals surface area contributed by atoms with Crippen LogP contribution in [0.25, 0.3) is 0 Å². The van der Waals surface area contributed by atoms with Gasteiger partial charge in [0.15, 0.2) is 11.5 Å². The van der Waals surface area contributed by atoms with Gasteiger partial charge >= 0.3 is 6.36 Å². The molecule has 0 fully saturated rings. The van der Waals surface area contributed by atoms with E-state index in [-0.39, 0.29) is 16.6 Å². The first kappa shape index (κ1) is 12.8. The van der Waals surface area contributed by atoms with Crippen LogP contribution >= 0.6 is 15.9 Å². The molecule has 0 atom stereocenters. The molecule has 0 aliphatic rings. The van der Waals surface area contributed by atoms with Crippen molar-refractivity contribution in [2.24, 2.45) is 0 Å². The maximum atomic E-state index is 12.0. The molecule has 0 aromatic heterocycles. The molecule has 1 aromatic rings. The number of anilines is 1. The maximum Gasteiger partial charge on any atom is 0.573 e. The highest BCUT2D eigenvalue weighted by atomic mass is 79.9. The second kappa shape index (κ2) is 4.73. The largest absolute Gasteiger partial charge is 0.573 e. The summed E-state index contributed by atoms with van der Waals surface area (Å²) in [6.07, 6.45) is -4.83. The van der Waals surface area contributed by atoms with Crippen molar-refractivity contribution in [3.8, 4) is 5.75 Å². The maximum absolute atomic E-state index is 12.0. The molecule has 1 aromatic carbocycles. The number of Topliss-reactive ketones (excluding diaryl/α,β-unsaturated/α-hetero) is 1. The SMILES string of the molecule is Nc1c(OC(F)(F)F)cccc1C(=O)CBr. The molecule has 88 valence electrons. The summed E-state index contributed by atoms with van der Waals surface area (Å²) in [6, 6.07) is 3.66. The molecular weight excluding hydrogens is 291 g/mol. The second-order valence-electron chi connectivity index (χ2n) is 2.82. The number of hydrogen-bond donors (Lipinski definition) is 1. The number of carbonyl (C=O) groups is 1. The number of ether oxygens (including phenoxy) is 1. The van der Waals surface area contributed by atoms with Crippen molar-refractivity contribution >= 4 is 27.4 Å². The van der Waals surface area contributed by atoms with E-state index in [9.17, 15) is 18.0 Å². The van der Waals surface area contributed by atoms with Gasteiger partial charge in [-0.15, -0.1) is 13.2 Å². The number of ketones is 1. The van der Waals surface area contributed by atoms with Crippen LogP contribution in [0.2, 0.25) is 0 Å². The number of rotatable bonds is 3. The molecular formula is C9H7BrF3NO2. The number of nitrogen functional groups attached to an aromatic ring is 1. The summed E-state index contributed by atoms with van der Waals surface area (Å²) in [5, 5.41) is -0.0212. The Labute approximate surface area is 97.5 Å². The lowest BCUT2D eigenvalue weighted by Crippen LogP contribution is -2.19. The first-order valence-corrected chi connectivity index (χ1v) is 5.20. The van der Waals surface area contributed by atoms with Crippen molar-refractivity contribution in [1.82, 2.24) is 0 Å². The minimum atomic E-state index is -4.83. The predicted molar refractivity (Wildman–Crippen MR) is 55.7 cm³/mol. The fourth-order valence-electron chi connectivity index (χ4n) is 1.07. The molecule has 0 radical (unpaired) electrons. The van der Waals surface area contributed by atoms with E-state index in [0.29, 0.717) is 0 Å². The predicted octanol–water partition coefficient (Wildman–Crippen LogP) is 2.75. The number of alkyl halides is 4. The molecule has 0 heterocycles. The first-order valence-electron chi connectivity index (χ1n) is 4.08. The Hall–Kier alpha value is -1.24. The van der Waals surface area contributed by atoms with Crippen LogP contribution in [0.5, 0.6) is 5.75 Å². The second-order valence-corrected chi connectivity index (χ2v) is 3.38. The molecule has 0 aliphatic carbocycles. The molecule has 1 rings (SSSR count). The Balaban J connectivity index is 3.09. The van der Waals surface area contributed by atoms with E-state index in [1.807, 2.05) is 0 Å². The Kier molecular flexibility index (Phi) is 3.79. The van der Waals surface area contributed by atoms with Gasteiger partial charge in [0.05, 0.1) is 11.0 Å². The van der Waals surface area contributed by atoms with Crippen molar-refractivity contribution in [3.63, 3.8) is 0 Å². The lowest BCUT2D eigenvalue weighted by atomic mass is 10.1. The third-order valence-corrected chi connectivity index (χ3v) is 2.22. The van der Waals surface area contributed by atoms with Crippen molar-refractivity contribution in [3.05, 3.63) is 23.8 Å². The van der Waals surface area contributed by atoms with Crippen molar-refractivity contribution in [1.29, 1.82) is 0 Å². The van der Waals surface area contributed by atoms with Crippen molar-refractivity contribution < 1.29 is 22.7 Å². The molecule has 16 heavy (non-hydrogen) atoms. The molecule has 0 unspecified atom stereocenters. The van der Waals surface area contributed by atoms with Crippen LogP contribution in [-0.2, 0) is 0 Å². The summed E-state index contributed by atoms with van der Waals surface area (Å²) in [5.74, 6) is -0.982. The van der Waals surface area contributed by atoms with E-state index >= 15 is 0 Å². The monoisotopic (exact) mass is 297 g/mol. The highest BCUT2D eigenvalue weighted by molar-refractivity contribution is 9.09. The van der Waals surface area contributed by atoms with E-state index < -0.39 is 17.9 Å². The third kappa shape index (κ3) is 3.13. The van der Waals surface area contributed by atoms with Gasteiger partial charge in [0, 0.05) is 5.56 Å². The number of nitrogens with two attached hydrogens (primary N) is 1. The van der Waals surface area contributed by atoms with Gasteiger partial charge in [0.2, 0.25) is 0 Å². The molecule has 0 aliphatic heterocycles. The minimum absolute atomic E-state index is 0.00127. The standard InChI is InChI=1S/C9H7BrF3NO2/c10-4-6(15)5-2-1-3-7(8(5)14)16-9(11,12)13/h1-3H,4,14H2. The average Bonchev–Trinajstić information content (AvgIpc) is 2.18. The topological polar surface area (TPSA) is 52.3 Å². The van der Waals surface area contributed by atoms with Crippen LogP contribution in [0.15, 0.2) is 18.2 Å². The first-order chi connectivity index (χ1) is 7.35. The van der Waals surface area contributed by atoms with Crippen LogP contribution in [0, 0.1) is 0 Å². The number of hydrogen-bond acceptors (Lipinski definition) is 3. The normalized spacial score (nSPS) is 11.2. The van der Waals surface area contributed by atoms with E-state index in [0.717, 1.165) is 6.07 Å². The molecule has 7 heteroatoms. The zero-order valence-corrected chi connectivity index (χ0v) is 9.43. The minimum Gasteiger partial charge on any atom is -0.404 e. The summed E-state index contributed by atoms with van der Waals surface area (Å²) >= 11 is 2.90. The van der Waals surface area contributed by atoms with Gasteiger partial charge in [0.1, 0.15) is 0 Å². The lowest BCUT2D eigenvalue weighted by Gasteiger charge is -2.12. The van der Waals surface area contributed by atoms with Crippen LogP contribution < -0.4 is 10.5 Å².